The fourth-order valence-corrected chi connectivity index (χ4v) is 1.82. The highest BCUT2D eigenvalue weighted by Crippen LogP contribution is 2.32. The lowest BCUT2D eigenvalue weighted by atomic mass is 9.92. The van der Waals surface area contributed by atoms with Crippen molar-refractivity contribution in [3.63, 3.8) is 0 Å². The zero-order valence-corrected chi connectivity index (χ0v) is 11.4. The summed E-state index contributed by atoms with van der Waals surface area (Å²) in [6.45, 7) is 9.60. The molecule has 0 spiro atoms. The third-order valence-electron chi connectivity index (χ3n) is 3.07. The number of hydrogen-bond acceptors (Lipinski definition) is 3. The van der Waals surface area contributed by atoms with Crippen molar-refractivity contribution in [2.45, 2.75) is 52.4 Å². The van der Waals surface area contributed by atoms with Crippen molar-refractivity contribution in [1.82, 2.24) is 9.97 Å². The van der Waals surface area contributed by atoms with Crippen molar-refractivity contribution in [3.8, 4) is 0 Å². The van der Waals surface area contributed by atoms with Crippen molar-refractivity contribution >= 4 is 5.82 Å². The van der Waals surface area contributed by atoms with Crippen LogP contribution in [0.4, 0.5) is 5.82 Å². The molecule has 0 bridgehead atoms. The largest absolute Gasteiger partial charge is 0.370 e. The molecule has 0 saturated heterocycles. The predicted octanol–water partition coefficient (Wildman–Crippen LogP) is 3.16. The third kappa shape index (κ3) is 3.42. The molecule has 1 aliphatic rings. The van der Waals surface area contributed by atoms with E-state index in [1.165, 1.54) is 12.8 Å². The normalized spacial score (nSPS) is 16.0. The Labute approximate surface area is 104 Å². The summed E-state index contributed by atoms with van der Waals surface area (Å²) in [5.41, 5.74) is 1.23. The van der Waals surface area contributed by atoms with E-state index in [1.807, 2.05) is 0 Å². The van der Waals surface area contributed by atoms with Crippen LogP contribution in [0.25, 0.3) is 0 Å². The van der Waals surface area contributed by atoms with Gasteiger partial charge in [-0.3, -0.25) is 0 Å². The molecule has 1 fully saturated rings. The standard InChI is InChI=1S/C14H23N3/c1-5-15-12-9-11(14(2,3)4)16-13(17-12)8-10-6-7-10/h9-10H,5-8H2,1-4H3,(H,15,16,17). The Morgan fingerprint density at radius 1 is 1.29 bits per heavy atom. The van der Waals surface area contributed by atoms with Gasteiger partial charge in [-0.2, -0.15) is 0 Å². The molecule has 1 saturated carbocycles. The Morgan fingerprint density at radius 2 is 2.00 bits per heavy atom. The van der Waals surface area contributed by atoms with Gasteiger partial charge in [0.2, 0.25) is 0 Å². The molecule has 3 nitrogen and oxygen atoms in total. The predicted molar refractivity (Wildman–Crippen MR) is 71.3 cm³/mol. The Hall–Kier alpha value is -1.12. The molecule has 0 atom stereocenters. The van der Waals surface area contributed by atoms with E-state index in [0.717, 1.165) is 36.2 Å². The van der Waals surface area contributed by atoms with Gasteiger partial charge in [-0.1, -0.05) is 20.8 Å². The van der Waals surface area contributed by atoms with Crippen LogP contribution in [0.2, 0.25) is 0 Å². The molecule has 0 aromatic carbocycles. The van der Waals surface area contributed by atoms with Crippen LogP contribution in [0, 0.1) is 5.92 Å². The van der Waals surface area contributed by atoms with Gasteiger partial charge in [-0.05, 0) is 25.7 Å². The van der Waals surface area contributed by atoms with Crippen LogP contribution in [-0.4, -0.2) is 16.5 Å². The molecule has 1 aromatic rings. The summed E-state index contributed by atoms with van der Waals surface area (Å²) < 4.78 is 0. The molecular formula is C14H23N3. The smallest absolute Gasteiger partial charge is 0.131 e. The second-order valence-electron chi connectivity index (χ2n) is 5.98. The van der Waals surface area contributed by atoms with E-state index in [0.29, 0.717) is 0 Å². The highest BCUT2D eigenvalue weighted by Gasteiger charge is 2.24. The maximum Gasteiger partial charge on any atom is 0.131 e. The molecule has 0 aliphatic heterocycles. The van der Waals surface area contributed by atoms with Crippen LogP contribution < -0.4 is 5.32 Å². The van der Waals surface area contributed by atoms with Crippen LogP contribution in [-0.2, 0) is 11.8 Å². The Bertz CT molecular complexity index is 389. The molecule has 3 heteroatoms. The molecule has 2 rings (SSSR count). The van der Waals surface area contributed by atoms with Gasteiger partial charge >= 0.3 is 0 Å². The first-order valence-corrected chi connectivity index (χ1v) is 6.61. The zero-order chi connectivity index (χ0) is 12.5. The van der Waals surface area contributed by atoms with Gasteiger partial charge < -0.3 is 5.32 Å². The quantitative estimate of drug-likeness (QED) is 0.868. The highest BCUT2D eigenvalue weighted by atomic mass is 15.0. The molecule has 1 N–H and O–H groups in total. The first kappa shape index (κ1) is 12.3. The van der Waals surface area contributed by atoms with E-state index < -0.39 is 0 Å². The van der Waals surface area contributed by atoms with Crippen LogP contribution >= 0.6 is 0 Å². The molecular weight excluding hydrogens is 210 g/mol. The lowest BCUT2D eigenvalue weighted by Gasteiger charge is -2.19. The molecule has 94 valence electrons. The topological polar surface area (TPSA) is 37.8 Å². The maximum atomic E-state index is 4.72. The molecule has 1 aliphatic carbocycles. The Morgan fingerprint density at radius 3 is 2.53 bits per heavy atom. The fourth-order valence-electron chi connectivity index (χ4n) is 1.82. The first-order chi connectivity index (χ1) is 7.99. The highest BCUT2D eigenvalue weighted by molar-refractivity contribution is 5.38. The van der Waals surface area contributed by atoms with E-state index in [4.69, 9.17) is 4.98 Å². The summed E-state index contributed by atoms with van der Waals surface area (Å²) >= 11 is 0. The number of anilines is 1. The van der Waals surface area contributed by atoms with Crippen LogP contribution in [0.5, 0.6) is 0 Å². The van der Waals surface area contributed by atoms with E-state index in [2.05, 4.69) is 44.1 Å². The van der Waals surface area contributed by atoms with Gasteiger partial charge in [0.1, 0.15) is 11.6 Å². The van der Waals surface area contributed by atoms with Crippen molar-refractivity contribution in [3.05, 3.63) is 17.6 Å². The molecule has 1 aromatic heterocycles. The summed E-state index contributed by atoms with van der Waals surface area (Å²) in [5.74, 6) is 2.82. The minimum absolute atomic E-state index is 0.0887. The van der Waals surface area contributed by atoms with Crippen molar-refractivity contribution < 1.29 is 0 Å². The van der Waals surface area contributed by atoms with Gasteiger partial charge in [0.05, 0.1) is 5.69 Å². The summed E-state index contributed by atoms with van der Waals surface area (Å²) in [6.07, 6.45) is 3.74. The van der Waals surface area contributed by atoms with Crippen molar-refractivity contribution in [1.29, 1.82) is 0 Å². The van der Waals surface area contributed by atoms with Crippen LogP contribution in [0.1, 0.15) is 52.1 Å². The Kier molecular flexibility index (Phi) is 3.36. The van der Waals surface area contributed by atoms with Gasteiger partial charge in [-0.25, -0.2) is 9.97 Å². The molecule has 1 heterocycles. The minimum Gasteiger partial charge on any atom is -0.370 e. The number of nitrogens with zero attached hydrogens (tertiary/aromatic N) is 2. The average molecular weight is 233 g/mol. The second kappa shape index (κ2) is 4.63. The van der Waals surface area contributed by atoms with E-state index in [1.54, 1.807) is 0 Å². The van der Waals surface area contributed by atoms with Gasteiger partial charge in [0.25, 0.3) is 0 Å². The fraction of sp³-hybridized carbons (Fsp3) is 0.714. The Balaban J connectivity index is 2.27. The number of rotatable bonds is 4. The monoisotopic (exact) mass is 233 g/mol. The molecule has 17 heavy (non-hydrogen) atoms. The molecule has 0 unspecified atom stereocenters. The number of hydrogen-bond donors (Lipinski definition) is 1. The van der Waals surface area contributed by atoms with Crippen molar-refractivity contribution in [2.75, 3.05) is 11.9 Å². The van der Waals surface area contributed by atoms with Gasteiger partial charge in [-0.15, -0.1) is 0 Å². The summed E-state index contributed by atoms with van der Waals surface area (Å²) in [6, 6.07) is 2.08. The summed E-state index contributed by atoms with van der Waals surface area (Å²) in [5, 5.41) is 3.30. The van der Waals surface area contributed by atoms with Gasteiger partial charge in [0.15, 0.2) is 0 Å². The van der Waals surface area contributed by atoms with Crippen LogP contribution in [0.15, 0.2) is 6.07 Å². The lowest BCUT2D eigenvalue weighted by molar-refractivity contribution is 0.560. The SMILES string of the molecule is CCNc1cc(C(C)(C)C)nc(CC2CC2)n1. The zero-order valence-electron chi connectivity index (χ0n) is 11.4. The first-order valence-electron chi connectivity index (χ1n) is 6.61. The van der Waals surface area contributed by atoms with Crippen molar-refractivity contribution in [2.24, 2.45) is 5.92 Å². The summed E-state index contributed by atoms with van der Waals surface area (Å²) in [4.78, 5) is 9.31. The second-order valence-corrected chi connectivity index (χ2v) is 5.98. The van der Waals surface area contributed by atoms with E-state index in [-0.39, 0.29) is 5.41 Å². The number of aromatic nitrogens is 2. The van der Waals surface area contributed by atoms with E-state index >= 15 is 0 Å². The maximum absolute atomic E-state index is 4.72. The van der Waals surface area contributed by atoms with Crippen LogP contribution in [0.3, 0.4) is 0 Å². The lowest BCUT2D eigenvalue weighted by Crippen LogP contribution is -2.17. The average Bonchev–Trinajstić information content (AvgIpc) is 3.00. The molecule has 0 amide bonds. The minimum atomic E-state index is 0.0887. The number of nitrogens with one attached hydrogen (secondary N) is 1. The van der Waals surface area contributed by atoms with E-state index in [9.17, 15) is 0 Å². The van der Waals surface area contributed by atoms with Gasteiger partial charge in [0, 0.05) is 24.4 Å². The molecule has 0 radical (unpaired) electrons. The third-order valence-corrected chi connectivity index (χ3v) is 3.07. The summed E-state index contributed by atoms with van der Waals surface area (Å²) in [7, 11) is 0.